The molecular weight excluding hydrogens is 433 g/mol. The minimum atomic E-state index is -4.58. The monoisotopic (exact) mass is 454 g/mol. The van der Waals surface area contributed by atoms with Gasteiger partial charge in [-0.3, -0.25) is 9.59 Å². The number of nitrogen functional groups attached to an aromatic ring is 1. The Labute approximate surface area is 182 Å². The molecule has 1 aromatic carbocycles. The van der Waals surface area contributed by atoms with E-state index in [-0.39, 0.29) is 23.0 Å². The molecule has 1 aliphatic rings. The number of pyridine rings is 1. The molecule has 3 N–H and O–H groups in total. The summed E-state index contributed by atoms with van der Waals surface area (Å²) in [5.41, 5.74) is 5.95. The van der Waals surface area contributed by atoms with Gasteiger partial charge in [0, 0.05) is 11.6 Å². The first-order valence-electron chi connectivity index (χ1n) is 9.67. The number of halogens is 4. The predicted octanol–water partition coefficient (Wildman–Crippen LogP) is 4.58. The molecule has 2 atom stereocenters. The molecule has 31 heavy (non-hydrogen) atoms. The molecule has 0 bridgehead atoms. The zero-order valence-electron chi connectivity index (χ0n) is 17.0. The Balaban J connectivity index is 1.88. The van der Waals surface area contributed by atoms with E-state index in [1.807, 2.05) is 6.92 Å². The van der Waals surface area contributed by atoms with E-state index in [2.05, 4.69) is 10.3 Å². The molecule has 1 saturated heterocycles. The predicted molar refractivity (Wildman–Crippen MR) is 111 cm³/mol. The number of hydrogen-bond donors (Lipinski definition) is 2. The van der Waals surface area contributed by atoms with E-state index < -0.39 is 29.6 Å². The van der Waals surface area contributed by atoms with Gasteiger partial charge in [0.2, 0.25) is 0 Å². The third kappa shape index (κ3) is 5.28. The van der Waals surface area contributed by atoms with Crippen LogP contribution < -0.4 is 11.1 Å². The lowest BCUT2D eigenvalue weighted by Gasteiger charge is -2.38. The Bertz CT molecular complexity index is 1010. The molecule has 2 aromatic rings. The number of carbonyl (C=O) groups is 2. The Morgan fingerprint density at radius 3 is 2.58 bits per heavy atom. The van der Waals surface area contributed by atoms with Gasteiger partial charge in [-0.1, -0.05) is 18.5 Å². The zero-order chi connectivity index (χ0) is 22.9. The second-order valence-electron chi connectivity index (χ2n) is 7.81. The SMILES string of the molecule is Cc1cc(NC(=O)C(=O)N2C[C@@H](C)CC[C@H]2c2cc(Cl)cc(C(F)(F)F)c2)cnc1N. The summed E-state index contributed by atoms with van der Waals surface area (Å²) in [4.78, 5) is 30.8. The lowest BCUT2D eigenvalue weighted by atomic mass is 9.89. The average molecular weight is 455 g/mol. The number of carbonyl (C=O) groups excluding carboxylic acids is 2. The Morgan fingerprint density at radius 1 is 1.23 bits per heavy atom. The van der Waals surface area contributed by atoms with Crippen molar-refractivity contribution in [3.8, 4) is 0 Å². The fraction of sp³-hybridized carbons (Fsp3) is 0.381. The van der Waals surface area contributed by atoms with E-state index in [0.717, 1.165) is 12.1 Å². The maximum atomic E-state index is 13.2. The highest BCUT2D eigenvalue weighted by Crippen LogP contribution is 2.38. The van der Waals surface area contributed by atoms with Gasteiger partial charge in [-0.05, 0) is 61.1 Å². The van der Waals surface area contributed by atoms with Crippen molar-refractivity contribution in [3.05, 3.63) is 52.2 Å². The highest BCUT2D eigenvalue weighted by molar-refractivity contribution is 6.39. The van der Waals surface area contributed by atoms with Crippen LogP contribution in [0.2, 0.25) is 5.02 Å². The number of nitrogens with two attached hydrogens (primary N) is 1. The number of nitrogens with one attached hydrogen (secondary N) is 1. The summed E-state index contributed by atoms with van der Waals surface area (Å²) in [6, 6.07) is 4.11. The topological polar surface area (TPSA) is 88.3 Å². The first kappa shape index (κ1) is 22.9. The summed E-state index contributed by atoms with van der Waals surface area (Å²) < 4.78 is 39.7. The van der Waals surface area contributed by atoms with Crippen molar-refractivity contribution < 1.29 is 22.8 Å². The zero-order valence-corrected chi connectivity index (χ0v) is 17.7. The molecular formula is C21H22ClF3N4O2. The van der Waals surface area contributed by atoms with Gasteiger partial charge >= 0.3 is 18.0 Å². The van der Waals surface area contributed by atoms with Crippen LogP contribution in [0.15, 0.2) is 30.5 Å². The van der Waals surface area contributed by atoms with Crippen molar-refractivity contribution in [2.24, 2.45) is 5.92 Å². The largest absolute Gasteiger partial charge is 0.416 e. The lowest BCUT2D eigenvalue weighted by molar-refractivity contribution is -0.146. The van der Waals surface area contributed by atoms with Crippen LogP contribution >= 0.6 is 11.6 Å². The van der Waals surface area contributed by atoms with Crippen LogP contribution in [-0.4, -0.2) is 28.2 Å². The second kappa shape index (κ2) is 8.74. The van der Waals surface area contributed by atoms with Crippen LogP contribution in [0.3, 0.4) is 0 Å². The average Bonchev–Trinajstić information content (AvgIpc) is 2.69. The number of aromatic nitrogens is 1. The van der Waals surface area contributed by atoms with E-state index in [4.69, 9.17) is 17.3 Å². The summed E-state index contributed by atoms with van der Waals surface area (Å²) in [7, 11) is 0. The summed E-state index contributed by atoms with van der Waals surface area (Å²) in [5.74, 6) is -1.34. The highest BCUT2D eigenvalue weighted by atomic mass is 35.5. The Hall–Kier alpha value is -2.81. The maximum absolute atomic E-state index is 13.2. The van der Waals surface area contributed by atoms with Crippen molar-refractivity contribution in [3.63, 3.8) is 0 Å². The first-order chi connectivity index (χ1) is 14.5. The molecule has 6 nitrogen and oxygen atoms in total. The van der Waals surface area contributed by atoms with Crippen molar-refractivity contribution in [2.45, 2.75) is 38.9 Å². The fourth-order valence-electron chi connectivity index (χ4n) is 3.66. The van der Waals surface area contributed by atoms with Crippen LogP contribution in [-0.2, 0) is 15.8 Å². The second-order valence-corrected chi connectivity index (χ2v) is 8.24. The van der Waals surface area contributed by atoms with E-state index in [9.17, 15) is 22.8 Å². The van der Waals surface area contributed by atoms with E-state index in [1.165, 1.54) is 17.2 Å². The number of rotatable bonds is 2. The molecule has 1 aromatic heterocycles. The van der Waals surface area contributed by atoms with Gasteiger partial charge in [-0.15, -0.1) is 0 Å². The van der Waals surface area contributed by atoms with Crippen LogP contribution in [0.5, 0.6) is 0 Å². The first-order valence-corrected chi connectivity index (χ1v) is 10.0. The van der Waals surface area contributed by atoms with Crippen LogP contribution in [0, 0.1) is 12.8 Å². The normalized spacial score (nSPS) is 19.2. The smallest absolute Gasteiger partial charge is 0.383 e. The number of alkyl halides is 3. The summed E-state index contributed by atoms with van der Waals surface area (Å²) >= 11 is 5.93. The van der Waals surface area contributed by atoms with Gasteiger partial charge in [-0.2, -0.15) is 13.2 Å². The van der Waals surface area contributed by atoms with Crippen molar-refractivity contribution >= 4 is 34.9 Å². The molecule has 1 fully saturated rings. The fourth-order valence-corrected chi connectivity index (χ4v) is 3.90. The van der Waals surface area contributed by atoms with Gasteiger partial charge in [0.25, 0.3) is 0 Å². The molecule has 0 radical (unpaired) electrons. The number of nitrogens with zero attached hydrogens (tertiary/aromatic N) is 2. The molecule has 166 valence electrons. The van der Waals surface area contributed by atoms with Gasteiger partial charge in [0.1, 0.15) is 5.82 Å². The van der Waals surface area contributed by atoms with Gasteiger partial charge in [-0.25, -0.2) is 4.98 Å². The standard InChI is InChI=1S/C21H22ClF3N4O2/c1-11-3-4-17(13-6-14(21(23,24)25)8-15(22)7-13)29(10-11)20(31)19(30)28-16-5-12(2)18(26)27-9-16/h5-9,11,17H,3-4,10H2,1-2H3,(H2,26,27)(H,28,30)/t11-,17-/m0/s1. The molecule has 2 amide bonds. The third-order valence-electron chi connectivity index (χ3n) is 5.28. The quantitative estimate of drug-likeness (QED) is 0.650. The number of hydrogen-bond acceptors (Lipinski definition) is 4. The lowest BCUT2D eigenvalue weighted by Crippen LogP contribution is -2.46. The van der Waals surface area contributed by atoms with E-state index in [0.29, 0.717) is 29.9 Å². The number of amides is 2. The van der Waals surface area contributed by atoms with Gasteiger partial charge in [0.15, 0.2) is 0 Å². The highest BCUT2D eigenvalue weighted by Gasteiger charge is 2.37. The number of likely N-dealkylation sites (tertiary alicyclic amines) is 1. The van der Waals surface area contributed by atoms with Gasteiger partial charge < -0.3 is 16.0 Å². The van der Waals surface area contributed by atoms with Crippen LogP contribution in [0.4, 0.5) is 24.7 Å². The Kier molecular flexibility index (Phi) is 6.45. The molecule has 10 heteroatoms. The van der Waals surface area contributed by atoms with Crippen molar-refractivity contribution in [1.29, 1.82) is 0 Å². The van der Waals surface area contributed by atoms with Crippen molar-refractivity contribution in [2.75, 3.05) is 17.6 Å². The molecule has 0 spiro atoms. The van der Waals surface area contributed by atoms with E-state index >= 15 is 0 Å². The minimum Gasteiger partial charge on any atom is -0.383 e. The minimum absolute atomic E-state index is 0.0799. The third-order valence-corrected chi connectivity index (χ3v) is 5.50. The summed E-state index contributed by atoms with van der Waals surface area (Å²) in [5, 5.41) is 2.41. The van der Waals surface area contributed by atoms with Gasteiger partial charge in [0.05, 0.1) is 23.5 Å². The maximum Gasteiger partial charge on any atom is 0.416 e. The van der Waals surface area contributed by atoms with E-state index in [1.54, 1.807) is 13.0 Å². The molecule has 1 aliphatic heterocycles. The molecule has 0 unspecified atom stereocenters. The molecule has 0 aliphatic carbocycles. The molecule has 3 rings (SSSR count). The van der Waals surface area contributed by atoms with Crippen molar-refractivity contribution in [1.82, 2.24) is 9.88 Å². The number of aryl methyl sites for hydroxylation is 1. The Morgan fingerprint density at radius 2 is 1.94 bits per heavy atom. The molecule has 0 saturated carbocycles. The number of anilines is 2. The molecule has 2 heterocycles. The number of piperidine rings is 1. The summed E-state index contributed by atoms with van der Waals surface area (Å²) in [6.07, 6.45) is -2.13. The number of benzene rings is 1. The summed E-state index contributed by atoms with van der Waals surface area (Å²) in [6.45, 7) is 3.87. The van der Waals surface area contributed by atoms with Crippen LogP contribution in [0.1, 0.15) is 42.5 Å². The van der Waals surface area contributed by atoms with Crippen LogP contribution in [0.25, 0.3) is 0 Å².